The molecule has 26 heavy (non-hydrogen) atoms. The summed E-state index contributed by atoms with van der Waals surface area (Å²) >= 11 is 0. The minimum atomic E-state index is -1.64. The monoisotopic (exact) mass is 356 g/mol. The highest BCUT2D eigenvalue weighted by Crippen LogP contribution is 2.37. The first-order valence-corrected chi connectivity index (χ1v) is 8.42. The first-order chi connectivity index (χ1) is 12.3. The molecule has 0 aliphatic carbocycles. The molecule has 2 amide bonds. The van der Waals surface area contributed by atoms with E-state index in [4.69, 9.17) is 4.74 Å². The van der Waals surface area contributed by atoms with Gasteiger partial charge in [-0.3, -0.25) is 9.59 Å². The van der Waals surface area contributed by atoms with Crippen LogP contribution in [0.15, 0.2) is 42.5 Å². The molecule has 1 N–H and O–H groups in total. The van der Waals surface area contributed by atoms with Gasteiger partial charge in [-0.1, -0.05) is 18.2 Å². The molecule has 1 atom stereocenters. The Hall–Kier alpha value is -2.89. The van der Waals surface area contributed by atoms with Crippen molar-refractivity contribution in [1.29, 1.82) is 0 Å². The maximum absolute atomic E-state index is 13.2. The van der Waals surface area contributed by atoms with Crippen molar-refractivity contribution in [3.63, 3.8) is 0 Å². The molecule has 0 radical (unpaired) electrons. The van der Waals surface area contributed by atoms with Gasteiger partial charge in [0.2, 0.25) is 0 Å². The molecular weight excluding hydrogens is 335 g/mol. The molecule has 136 valence electrons. The van der Waals surface area contributed by atoms with Crippen LogP contribution in [0.5, 0.6) is 5.75 Å². The van der Waals surface area contributed by atoms with Crippen molar-refractivity contribution < 1.29 is 18.7 Å². The third-order valence-electron chi connectivity index (χ3n) is 4.52. The molecule has 5 nitrogen and oxygen atoms in total. The Morgan fingerprint density at radius 1 is 1.27 bits per heavy atom. The maximum Gasteiger partial charge on any atom is 0.280 e. The molecule has 1 aliphatic rings. The van der Waals surface area contributed by atoms with E-state index in [1.54, 1.807) is 25.2 Å². The number of nitrogens with one attached hydrogen (secondary N) is 1. The van der Waals surface area contributed by atoms with E-state index >= 15 is 0 Å². The molecular formula is C20H21FN2O3. The summed E-state index contributed by atoms with van der Waals surface area (Å²) in [5, 5.41) is 2.72. The second kappa shape index (κ2) is 6.78. The number of carbonyl (C=O) groups excluding carboxylic acids is 2. The summed E-state index contributed by atoms with van der Waals surface area (Å²) in [5.74, 6) is -0.781. The van der Waals surface area contributed by atoms with Crippen LogP contribution < -0.4 is 15.0 Å². The number of nitrogens with zero attached hydrogens (tertiary/aromatic N) is 1. The van der Waals surface area contributed by atoms with E-state index in [0.717, 1.165) is 11.1 Å². The zero-order valence-corrected chi connectivity index (χ0v) is 15.0. The molecule has 1 heterocycles. The van der Waals surface area contributed by atoms with Crippen LogP contribution in [0, 0.1) is 12.7 Å². The van der Waals surface area contributed by atoms with Crippen molar-refractivity contribution >= 4 is 17.5 Å². The van der Waals surface area contributed by atoms with E-state index in [1.165, 1.54) is 24.0 Å². The quantitative estimate of drug-likeness (QED) is 0.857. The van der Waals surface area contributed by atoms with Gasteiger partial charge in [-0.2, -0.15) is 0 Å². The van der Waals surface area contributed by atoms with Crippen LogP contribution >= 0.6 is 0 Å². The van der Waals surface area contributed by atoms with Gasteiger partial charge in [-0.15, -0.1) is 0 Å². The second-order valence-corrected chi connectivity index (χ2v) is 6.61. The number of fused-ring (bicyclic) bond motifs is 1. The lowest BCUT2D eigenvalue weighted by atomic mass is 9.99. The summed E-state index contributed by atoms with van der Waals surface area (Å²) < 4.78 is 19.0. The fourth-order valence-electron chi connectivity index (χ4n) is 2.99. The molecule has 6 heteroatoms. The van der Waals surface area contributed by atoms with Crippen molar-refractivity contribution in [2.24, 2.45) is 0 Å². The molecule has 2 aromatic carbocycles. The Bertz CT molecular complexity index is 868. The smallest absolute Gasteiger partial charge is 0.280 e. The number of carbonyl (C=O) groups is 2. The largest absolute Gasteiger partial charge is 0.466 e. The van der Waals surface area contributed by atoms with E-state index in [0.29, 0.717) is 17.9 Å². The third kappa shape index (κ3) is 3.27. The molecule has 3 rings (SSSR count). The highest BCUT2D eigenvalue weighted by molar-refractivity contribution is 6.16. The molecule has 2 aromatic rings. The van der Waals surface area contributed by atoms with E-state index in [-0.39, 0.29) is 12.4 Å². The van der Waals surface area contributed by atoms with E-state index in [2.05, 4.69) is 5.32 Å². The van der Waals surface area contributed by atoms with Crippen LogP contribution in [-0.2, 0) is 16.0 Å². The predicted molar refractivity (Wildman–Crippen MR) is 96.7 cm³/mol. The zero-order valence-electron chi connectivity index (χ0n) is 15.0. The lowest BCUT2D eigenvalue weighted by Gasteiger charge is -2.38. The summed E-state index contributed by atoms with van der Waals surface area (Å²) in [6.45, 7) is 3.66. The number of aryl methyl sites for hydroxylation is 1. The van der Waals surface area contributed by atoms with Gasteiger partial charge in [0.25, 0.3) is 17.4 Å². The number of ether oxygens (including phenoxy) is 1. The average molecular weight is 356 g/mol. The molecule has 0 aromatic heterocycles. The van der Waals surface area contributed by atoms with Crippen LogP contribution in [0.2, 0.25) is 0 Å². The highest BCUT2D eigenvalue weighted by atomic mass is 19.1. The Labute approximate surface area is 151 Å². The standard InChI is InChI=1S/C20H21FN2O3/c1-13-7-8-17-16(11-13)23(3)19(25)20(2,26-17)18(24)22-10-9-14-5-4-6-15(21)12-14/h4-8,11-12H,9-10H2,1-3H3,(H,22,24). The van der Waals surface area contributed by atoms with E-state index in [1.807, 2.05) is 19.1 Å². The van der Waals surface area contributed by atoms with Crippen molar-refractivity contribution in [3.05, 3.63) is 59.4 Å². The Kier molecular flexibility index (Phi) is 4.68. The number of amides is 2. The molecule has 0 spiro atoms. The zero-order chi connectivity index (χ0) is 18.9. The number of benzene rings is 2. The number of halogens is 1. The van der Waals surface area contributed by atoms with Gasteiger partial charge < -0.3 is 15.0 Å². The average Bonchev–Trinajstić information content (AvgIpc) is 2.60. The van der Waals surface area contributed by atoms with Crippen LogP contribution in [0.3, 0.4) is 0 Å². The van der Waals surface area contributed by atoms with E-state index < -0.39 is 17.4 Å². The van der Waals surface area contributed by atoms with Gasteiger partial charge in [-0.25, -0.2) is 4.39 Å². The number of rotatable bonds is 4. The van der Waals surface area contributed by atoms with Crippen LogP contribution in [-0.4, -0.2) is 31.0 Å². The first-order valence-electron chi connectivity index (χ1n) is 8.42. The topological polar surface area (TPSA) is 58.6 Å². The molecule has 0 fully saturated rings. The van der Waals surface area contributed by atoms with Crippen molar-refractivity contribution in [2.75, 3.05) is 18.5 Å². The number of likely N-dealkylation sites (N-methyl/N-ethyl adjacent to an activating group) is 1. The Morgan fingerprint density at radius 3 is 2.77 bits per heavy atom. The third-order valence-corrected chi connectivity index (χ3v) is 4.52. The summed E-state index contributed by atoms with van der Waals surface area (Å²) in [7, 11) is 1.63. The Balaban J connectivity index is 1.72. The lowest BCUT2D eigenvalue weighted by Crippen LogP contribution is -2.61. The van der Waals surface area contributed by atoms with Gasteiger partial charge in [0.05, 0.1) is 5.69 Å². The van der Waals surface area contributed by atoms with Gasteiger partial charge in [0.1, 0.15) is 11.6 Å². The summed E-state index contributed by atoms with van der Waals surface area (Å²) in [4.78, 5) is 26.8. The van der Waals surface area contributed by atoms with Gasteiger partial charge in [0.15, 0.2) is 0 Å². The fraction of sp³-hybridized carbons (Fsp3) is 0.300. The van der Waals surface area contributed by atoms with Crippen molar-refractivity contribution in [1.82, 2.24) is 5.32 Å². The fourth-order valence-corrected chi connectivity index (χ4v) is 2.99. The Morgan fingerprint density at radius 2 is 2.04 bits per heavy atom. The maximum atomic E-state index is 13.2. The summed E-state index contributed by atoms with van der Waals surface area (Å²) in [6, 6.07) is 11.7. The highest BCUT2D eigenvalue weighted by Gasteiger charge is 2.49. The van der Waals surface area contributed by atoms with Crippen LogP contribution in [0.4, 0.5) is 10.1 Å². The van der Waals surface area contributed by atoms with Crippen LogP contribution in [0.25, 0.3) is 0 Å². The number of anilines is 1. The lowest BCUT2D eigenvalue weighted by molar-refractivity contribution is -0.148. The van der Waals surface area contributed by atoms with Crippen molar-refractivity contribution in [2.45, 2.75) is 25.9 Å². The number of hydrogen-bond donors (Lipinski definition) is 1. The minimum absolute atomic E-state index is 0.277. The molecule has 0 saturated heterocycles. The van der Waals surface area contributed by atoms with Gasteiger partial charge in [-0.05, 0) is 55.7 Å². The van der Waals surface area contributed by atoms with E-state index in [9.17, 15) is 14.0 Å². The SMILES string of the molecule is Cc1ccc2c(c1)N(C)C(=O)C(C)(C(=O)NCCc1cccc(F)c1)O2. The summed E-state index contributed by atoms with van der Waals surface area (Å²) in [6.07, 6.45) is 0.458. The van der Waals surface area contributed by atoms with Crippen molar-refractivity contribution in [3.8, 4) is 5.75 Å². The molecule has 1 unspecified atom stereocenters. The van der Waals surface area contributed by atoms with Crippen LogP contribution in [0.1, 0.15) is 18.1 Å². The normalized spacial score (nSPS) is 18.9. The first kappa shape index (κ1) is 17.9. The van der Waals surface area contributed by atoms with Gasteiger partial charge >= 0.3 is 0 Å². The summed E-state index contributed by atoms with van der Waals surface area (Å²) in [5.41, 5.74) is 0.762. The molecule has 1 aliphatic heterocycles. The number of hydrogen-bond acceptors (Lipinski definition) is 3. The molecule has 0 saturated carbocycles. The second-order valence-electron chi connectivity index (χ2n) is 6.61. The van der Waals surface area contributed by atoms with Gasteiger partial charge in [0, 0.05) is 13.6 Å². The predicted octanol–water partition coefficient (Wildman–Crippen LogP) is 2.61. The minimum Gasteiger partial charge on any atom is -0.466 e. The molecule has 0 bridgehead atoms.